The summed E-state index contributed by atoms with van der Waals surface area (Å²) in [5, 5.41) is 10.8. The zero-order chi connectivity index (χ0) is 18.3. The van der Waals surface area contributed by atoms with E-state index in [0.29, 0.717) is 15.8 Å². The summed E-state index contributed by atoms with van der Waals surface area (Å²) in [4.78, 5) is 0. The van der Waals surface area contributed by atoms with Crippen LogP contribution in [0, 0.1) is 16.7 Å². The fourth-order valence-electron chi connectivity index (χ4n) is 2.23. The Bertz CT molecular complexity index is 780. The number of rotatable bonds is 8. The average molecular weight is 398 g/mol. The van der Waals surface area contributed by atoms with Crippen molar-refractivity contribution in [1.82, 2.24) is 4.72 Å². The third-order valence-corrected chi connectivity index (χ3v) is 4.58. The van der Waals surface area contributed by atoms with Crippen LogP contribution in [0.15, 0.2) is 48.5 Å². The van der Waals surface area contributed by atoms with Gasteiger partial charge in [0.1, 0.15) is 17.8 Å². The molecule has 2 aromatic rings. The molecule has 0 heterocycles. The summed E-state index contributed by atoms with van der Waals surface area (Å²) in [6.45, 7) is -0.112. The maximum atomic E-state index is 10.9. The van der Waals surface area contributed by atoms with E-state index in [9.17, 15) is 14.0 Å². The van der Waals surface area contributed by atoms with Crippen molar-refractivity contribution in [2.45, 2.75) is 6.42 Å². The summed E-state index contributed by atoms with van der Waals surface area (Å²) in [6.07, 6.45) is 0.237. The third kappa shape index (κ3) is 5.99. The highest BCUT2D eigenvalue weighted by Crippen LogP contribution is 2.28. The number of nitrogens with zero attached hydrogens (tertiary/aromatic N) is 1. The lowest BCUT2D eigenvalue weighted by molar-refractivity contribution is 0.197. The van der Waals surface area contributed by atoms with Gasteiger partial charge in [0.25, 0.3) is 0 Å². The molecule has 0 fully saturated rings. The van der Waals surface area contributed by atoms with Crippen molar-refractivity contribution < 1.29 is 13.5 Å². The van der Waals surface area contributed by atoms with Gasteiger partial charge in [-0.1, -0.05) is 41.4 Å². The molecular weight excluding hydrogens is 383 g/mol. The lowest BCUT2D eigenvalue weighted by Gasteiger charge is -2.28. The largest absolute Gasteiger partial charge is 0.760 e. The van der Waals surface area contributed by atoms with E-state index in [1.165, 1.54) is 0 Å². The number of nitriles is 1. The summed E-state index contributed by atoms with van der Waals surface area (Å²) in [5.41, 5.74) is -0.381. The van der Waals surface area contributed by atoms with Crippen LogP contribution >= 0.6 is 23.2 Å². The van der Waals surface area contributed by atoms with Gasteiger partial charge in [0.2, 0.25) is 0 Å². The SMILES string of the molecule is N#CC(CNS(=O)[O-])(COc1ccc(Cl)cc1)Cc1ccccc1Cl. The van der Waals surface area contributed by atoms with Gasteiger partial charge < -0.3 is 9.29 Å². The second-order valence-corrected chi connectivity index (χ2v) is 7.06. The second-order valence-electron chi connectivity index (χ2n) is 5.46. The number of hydrogen-bond acceptors (Lipinski definition) is 4. The highest BCUT2D eigenvalue weighted by Gasteiger charge is 2.32. The lowest BCUT2D eigenvalue weighted by Crippen LogP contribution is -2.40. The summed E-state index contributed by atoms with van der Waals surface area (Å²) in [6, 6.07) is 16.0. The van der Waals surface area contributed by atoms with Gasteiger partial charge in [-0.3, -0.25) is 4.21 Å². The average Bonchev–Trinajstić information content (AvgIpc) is 2.60. The predicted molar refractivity (Wildman–Crippen MR) is 97.1 cm³/mol. The van der Waals surface area contributed by atoms with Crippen LogP contribution in [0.4, 0.5) is 0 Å². The molecule has 0 radical (unpaired) electrons. The third-order valence-electron chi connectivity index (χ3n) is 3.58. The molecule has 5 nitrogen and oxygen atoms in total. The molecule has 2 rings (SSSR count). The maximum Gasteiger partial charge on any atom is 0.119 e. The van der Waals surface area contributed by atoms with Crippen LogP contribution in [0.2, 0.25) is 10.0 Å². The Morgan fingerprint density at radius 1 is 1.20 bits per heavy atom. The zero-order valence-corrected chi connectivity index (χ0v) is 15.4. The zero-order valence-electron chi connectivity index (χ0n) is 13.1. The van der Waals surface area contributed by atoms with Crippen molar-refractivity contribution in [3.05, 3.63) is 64.1 Å². The molecule has 2 unspecified atom stereocenters. The Morgan fingerprint density at radius 3 is 2.48 bits per heavy atom. The van der Waals surface area contributed by atoms with Gasteiger partial charge in [-0.2, -0.15) is 5.26 Å². The standard InChI is InChI=1S/C17H16Cl2N2O3S/c18-14-5-7-15(8-6-14)24-12-17(10-20,11-21-25(22)23)9-13-3-1-2-4-16(13)19/h1-8,21H,9,11-12H2,(H,22,23)/p-1. The van der Waals surface area contributed by atoms with E-state index in [1.54, 1.807) is 42.5 Å². The van der Waals surface area contributed by atoms with Crippen LogP contribution in [-0.2, 0) is 17.7 Å². The van der Waals surface area contributed by atoms with E-state index in [4.69, 9.17) is 27.9 Å². The van der Waals surface area contributed by atoms with E-state index in [0.717, 1.165) is 5.56 Å². The predicted octanol–water partition coefficient (Wildman–Crippen LogP) is 3.51. The molecule has 0 saturated heterocycles. The van der Waals surface area contributed by atoms with Crippen LogP contribution in [0.1, 0.15) is 5.56 Å². The molecule has 0 saturated carbocycles. The number of ether oxygens (including phenoxy) is 1. The molecule has 0 aliphatic carbocycles. The smallest absolute Gasteiger partial charge is 0.119 e. The molecule has 0 amide bonds. The summed E-state index contributed by atoms with van der Waals surface area (Å²) < 4.78 is 29.8. The fraction of sp³-hybridized carbons (Fsp3) is 0.235. The van der Waals surface area contributed by atoms with Crippen LogP contribution in [0.3, 0.4) is 0 Å². The Balaban J connectivity index is 2.21. The highest BCUT2D eigenvalue weighted by molar-refractivity contribution is 7.77. The van der Waals surface area contributed by atoms with E-state index in [2.05, 4.69) is 10.8 Å². The van der Waals surface area contributed by atoms with Crippen LogP contribution in [0.5, 0.6) is 5.75 Å². The second kappa shape index (κ2) is 9.18. The van der Waals surface area contributed by atoms with E-state index in [1.807, 2.05) is 6.07 Å². The van der Waals surface area contributed by atoms with Gasteiger partial charge in [0.05, 0.1) is 6.07 Å². The normalized spacial score (nSPS) is 14.3. The molecule has 0 aliphatic heterocycles. The van der Waals surface area contributed by atoms with Gasteiger partial charge in [0.15, 0.2) is 0 Å². The molecule has 8 heteroatoms. The molecule has 0 aromatic heterocycles. The first kappa shape index (κ1) is 19.7. The highest BCUT2D eigenvalue weighted by atomic mass is 35.5. The number of halogens is 2. The minimum Gasteiger partial charge on any atom is -0.760 e. The first-order chi connectivity index (χ1) is 11.9. The van der Waals surface area contributed by atoms with Gasteiger partial charge in [0, 0.05) is 27.9 Å². The van der Waals surface area contributed by atoms with Crippen molar-refractivity contribution in [3.8, 4) is 11.8 Å². The Kier molecular flexibility index (Phi) is 7.24. The molecule has 0 aliphatic rings. The van der Waals surface area contributed by atoms with Gasteiger partial charge in [-0.05, 0) is 42.3 Å². The van der Waals surface area contributed by atoms with E-state index in [-0.39, 0.29) is 19.6 Å². The van der Waals surface area contributed by atoms with Crippen LogP contribution < -0.4 is 9.46 Å². The molecular formula is C17H15Cl2N2O3S-. The number of benzene rings is 2. The van der Waals surface area contributed by atoms with Gasteiger partial charge >= 0.3 is 0 Å². The molecule has 2 atom stereocenters. The van der Waals surface area contributed by atoms with Crippen molar-refractivity contribution in [1.29, 1.82) is 5.26 Å². The van der Waals surface area contributed by atoms with Crippen LogP contribution in [0.25, 0.3) is 0 Å². The Hall–Kier alpha value is -1.62. The Morgan fingerprint density at radius 2 is 1.88 bits per heavy atom. The first-order valence-electron chi connectivity index (χ1n) is 7.30. The quantitative estimate of drug-likeness (QED) is 0.690. The first-order valence-corrected chi connectivity index (χ1v) is 9.13. The summed E-state index contributed by atoms with van der Waals surface area (Å²) >= 11 is 9.53. The fourth-order valence-corrected chi connectivity index (χ4v) is 2.95. The molecule has 132 valence electrons. The van der Waals surface area contributed by atoms with Crippen LogP contribution in [-0.4, -0.2) is 21.9 Å². The summed E-state index contributed by atoms with van der Waals surface area (Å²) in [7, 11) is 0. The van der Waals surface area contributed by atoms with Gasteiger partial charge in [-0.15, -0.1) is 0 Å². The molecule has 1 N–H and O–H groups in total. The minimum absolute atomic E-state index is 0.0133. The summed E-state index contributed by atoms with van der Waals surface area (Å²) in [5.74, 6) is 0.534. The molecule has 0 bridgehead atoms. The Labute approximate surface area is 158 Å². The monoisotopic (exact) mass is 397 g/mol. The topological polar surface area (TPSA) is 85.2 Å². The van der Waals surface area contributed by atoms with Crippen molar-refractivity contribution in [3.63, 3.8) is 0 Å². The van der Waals surface area contributed by atoms with Crippen molar-refractivity contribution in [2.24, 2.45) is 5.41 Å². The maximum absolute atomic E-state index is 10.9. The van der Waals surface area contributed by atoms with E-state index >= 15 is 0 Å². The molecule has 2 aromatic carbocycles. The van der Waals surface area contributed by atoms with Gasteiger partial charge in [-0.25, -0.2) is 4.72 Å². The van der Waals surface area contributed by atoms with E-state index < -0.39 is 16.7 Å². The molecule has 0 spiro atoms. The minimum atomic E-state index is -2.49. The number of nitrogens with one attached hydrogen (secondary N) is 1. The molecule has 25 heavy (non-hydrogen) atoms. The van der Waals surface area contributed by atoms with Crippen molar-refractivity contribution >= 4 is 34.5 Å². The number of hydrogen-bond donors (Lipinski definition) is 1. The lowest BCUT2D eigenvalue weighted by atomic mass is 9.84. The van der Waals surface area contributed by atoms with Crippen molar-refractivity contribution in [2.75, 3.05) is 13.2 Å².